The number of carbonyl (C=O) groups excluding carboxylic acids is 1. The molecule has 0 atom stereocenters. The van der Waals surface area contributed by atoms with Crippen molar-refractivity contribution in [2.75, 3.05) is 0 Å². The molecule has 0 bridgehead atoms. The van der Waals surface area contributed by atoms with Crippen LogP contribution in [-0.4, -0.2) is 22.0 Å². The van der Waals surface area contributed by atoms with Gasteiger partial charge in [-0.1, -0.05) is 41.9 Å². The molecule has 1 amide bonds. The fourth-order valence-electron chi connectivity index (χ4n) is 1.08. The maximum absolute atomic E-state index is 11.5. The van der Waals surface area contributed by atoms with Gasteiger partial charge < -0.3 is 4.74 Å². The van der Waals surface area contributed by atoms with Crippen molar-refractivity contribution < 1.29 is 9.53 Å². The fraction of sp³-hybridized carbons (Fsp3) is 0.333. The molecular weight excluding hydrogens is 254 g/mol. The minimum Gasteiger partial charge on any atom is -0.441 e. The van der Waals surface area contributed by atoms with E-state index in [4.69, 9.17) is 22.2 Å². The molecular formula is C12H16ClN3O2. The number of nitrogens with zero attached hydrogens (tertiary/aromatic N) is 2. The van der Waals surface area contributed by atoms with Gasteiger partial charge in [-0.05, 0) is 20.8 Å². The zero-order chi connectivity index (χ0) is 13.8. The number of rotatable bonds is 2. The van der Waals surface area contributed by atoms with Crippen molar-refractivity contribution in [3.8, 4) is 0 Å². The molecule has 0 saturated heterocycles. The standard InChI is InChI=1S/C12H16ClN3O2/c1-12(2,3)18-11(17)16(14)15-10(13)9-7-5-4-6-8-9/h4-8H,14H2,1-3H3/b15-10+. The molecule has 0 saturated carbocycles. The van der Waals surface area contributed by atoms with Crippen molar-refractivity contribution in [3.63, 3.8) is 0 Å². The Balaban J connectivity index is 2.74. The summed E-state index contributed by atoms with van der Waals surface area (Å²) in [5.41, 5.74) is 0.0295. The van der Waals surface area contributed by atoms with E-state index in [-0.39, 0.29) is 5.17 Å². The Morgan fingerprint density at radius 1 is 1.33 bits per heavy atom. The second-order valence-corrected chi connectivity index (χ2v) is 4.94. The molecule has 6 heteroatoms. The van der Waals surface area contributed by atoms with Crippen LogP contribution in [0.15, 0.2) is 35.4 Å². The quantitative estimate of drug-likeness (QED) is 0.388. The molecule has 1 aromatic rings. The predicted octanol–water partition coefficient (Wildman–Crippen LogP) is 2.70. The van der Waals surface area contributed by atoms with E-state index < -0.39 is 11.7 Å². The predicted molar refractivity (Wildman–Crippen MR) is 71.1 cm³/mol. The van der Waals surface area contributed by atoms with Crippen LogP contribution in [0.2, 0.25) is 0 Å². The van der Waals surface area contributed by atoms with Crippen LogP contribution in [0.4, 0.5) is 4.79 Å². The van der Waals surface area contributed by atoms with Crippen LogP contribution < -0.4 is 5.84 Å². The van der Waals surface area contributed by atoms with Crippen LogP contribution in [0.3, 0.4) is 0 Å². The van der Waals surface area contributed by atoms with Crippen LogP contribution in [0.5, 0.6) is 0 Å². The van der Waals surface area contributed by atoms with Crippen molar-refractivity contribution in [1.82, 2.24) is 5.12 Å². The van der Waals surface area contributed by atoms with Crippen LogP contribution >= 0.6 is 11.6 Å². The molecule has 0 aliphatic heterocycles. The van der Waals surface area contributed by atoms with Gasteiger partial charge in [0.1, 0.15) is 5.60 Å². The molecule has 0 radical (unpaired) electrons. The van der Waals surface area contributed by atoms with Crippen LogP contribution in [0.25, 0.3) is 0 Å². The first-order chi connectivity index (χ1) is 8.29. The van der Waals surface area contributed by atoms with Crippen molar-refractivity contribution in [3.05, 3.63) is 35.9 Å². The first-order valence-corrected chi connectivity index (χ1v) is 5.75. The summed E-state index contributed by atoms with van der Waals surface area (Å²) in [6, 6.07) is 8.98. The summed E-state index contributed by atoms with van der Waals surface area (Å²) in [5, 5.41) is 4.45. The molecule has 0 spiro atoms. The number of carbonyl (C=O) groups is 1. The monoisotopic (exact) mass is 269 g/mol. The van der Waals surface area contributed by atoms with E-state index in [9.17, 15) is 4.79 Å². The topological polar surface area (TPSA) is 67.9 Å². The molecule has 1 aromatic carbocycles. The van der Waals surface area contributed by atoms with Gasteiger partial charge in [-0.25, -0.2) is 10.6 Å². The molecule has 0 fully saturated rings. The molecule has 1 rings (SSSR count). The second-order valence-electron chi connectivity index (χ2n) is 4.58. The van der Waals surface area contributed by atoms with Gasteiger partial charge >= 0.3 is 6.09 Å². The maximum Gasteiger partial charge on any atom is 0.446 e. The zero-order valence-electron chi connectivity index (χ0n) is 10.6. The van der Waals surface area contributed by atoms with Gasteiger partial charge in [0.15, 0.2) is 5.17 Å². The summed E-state index contributed by atoms with van der Waals surface area (Å²) in [6.45, 7) is 5.21. The SMILES string of the molecule is CC(C)(C)OC(=O)N(N)/N=C(/Cl)c1ccccc1. The van der Waals surface area contributed by atoms with E-state index in [0.29, 0.717) is 10.7 Å². The highest BCUT2D eigenvalue weighted by Crippen LogP contribution is 2.10. The molecule has 0 aliphatic rings. The van der Waals surface area contributed by atoms with Gasteiger partial charge in [0.2, 0.25) is 0 Å². The number of hydrogen-bond acceptors (Lipinski definition) is 4. The number of halogens is 1. The highest BCUT2D eigenvalue weighted by molar-refractivity contribution is 6.69. The Kier molecular flexibility index (Phi) is 4.69. The Morgan fingerprint density at radius 2 is 1.89 bits per heavy atom. The molecule has 5 nitrogen and oxygen atoms in total. The smallest absolute Gasteiger partial charge is 0.441 e. The molecule has 0 unspecified atom stereocenters. The summed E-state index contributed by atoms with van der Waals surface area (Å²) >= 11 is 5.94. The Bertz CT molecular complexity index is 440. The minimum absolute atomic E-state index is 0.115. The van der Waals surface area contributed by atoms with Gasteiger partial charge in [0.25, 0.3) is 0 Å². The number of benzene rings is 1. The van der Waals surface area contributed by atoms with Crippen molar-refractivity contribution in [2.45, 2.75) is 26.4 Å². The minimum atomic E-state index is -0.767. The van der Waals surface area contributed by atoms with Crippen molar-refractivity contribution >= 4 is 22.9 Å². The second kappa shape index (κ2) is 5.84. The van der Waals surface area contributed by atoms with Crippen LogP contribution in [-0.2, 0) is 4.74 Å². The number of ether oxygens (including phenoxy) is 1. The van der Waals surface area contributed by atoms with E-state index in [1.54, 1.807) is 32.9 Å². The first kappa shape index (κ1) is 14.5. The van der Waals surface area contributed by atoms with Crippen LogP contribution in [0.1, 0.15) is 26.3 Å². The summed E-state index contributed by atoms with van der Waals surface area (Å²) in [4.78, 5) is 11.5. The third kappa shape index (κ3) is 4.73. The molecule has 2 N–H and O–H groups in total. The number of hydrazone groups is 1. The van der Waals surface area contributed by atoms with Gasteiger partial charge in [-0.2, -0.15) is 0 Å². The molecule has 0 aromatic heterocycles. The number of hydrazine groups is 1. The van der Waals surface area contributed by atoms with E-state index >= 15 is 0 Å². The summed E-state index contributed by atoms with van der Waals surface area (Å²) in [6.07, 6.45) is -0.767. The lowest BCUT2D eigenvalue weighted by molar-refractivity contribution is 0.0253. The van der Waals surface area contributed by atoms with Crippen LogP contribution in [0, 0.1) is 0 Å². The number of nitrogens with two attached hydrogens (primary N) is 1. The lowest BCUT2D eigenvalue weighted by Gasteiger charge is -2.21. The van der Waals surface area contributed by atoms with Crippen molar-refractivity contribution in [2.24, 2.45) is 10.9 Å². The van der Waals surface area contributed by atoms with E-state index in [1.807, 2.05) is 18.2 Å². The van der Waals surface area contributed by atoms with E-state index in [1.165, 1.54) is 0 Å². The number of amides is 1. The van der Waals surface area contributed by atoms with E-state index in [2.05, 4.69) is 5.10 Å². The van der Waals surface area contributed by atoms with Gasteiger partial charge in [-0.3, -0.25) is 0 Å². The molecule has 98 valence electrons. The zero-order valence-corrected chi connectivity index (χ0v) is 11.3. The first-order valence-electron chi connectivity index (χ1n) is 5.37. The Labute approximate surface area is 111 Å². The average molecular weight is 270 g/mol. The molecule has 18 heavy (non-hydrogen) atoms. The summed E-state index contributed by atoms with van der Waals surface area (Å²) < 4.78 is 5.03. The highest BCUT2D eigenvalue weighted by Gasteiger charge is 2.20. The third-order valence-corrected chi connectivity index (χ3v) is 2.08. The summed E-state index contributed by atoms with van der Waals surface area (Å²) in [7, 11) is 0. The maximum atomic E-state index is 11.5. The van der Waals surface area contributed by atoms with Gasteiger partial charge in [-0.15, -0.1) is 10.2 Å². The Hall–Kier alpha value is -1.59. The lowest BCUT2D eigenvalue weighted by Crippen LogP contribution is -2.38. The number of hydrogen-bond donors (Lipinski definition) is 1. The van der Waals surface area contributed by atoms with Gasteiger partial charge in [0, 0.05) is 5.56 Å². The Morgan fingerprint density at radius 3 is 2.39 bits per heavy atom. The van der Waals surface area contributed by atoms with Crippen molar-refractivity contribution in [1.29, 1.82) is 0 Å². The lowest BCUT2D eigenvalue weighted by atomic mass is 10.2. The average Bonchev–Trinajstić information content (AvgIpc) is 2.27. The van der Waals surface area contributed by atoms with Gasteiger partial charge in [0.05, 0.1) is 0 Å². The third-order valence-electron chi connectivity index (χ3n) is 1.79. The fourth-order valence-corrected chi connectivity index (χ4v) is 1.28. The molecule has 0 aliphatic carbocycles. The normalized spacial score (nSPS) is 12.2. The molecule has 0 heterocycles. The van der Waals surface area contributed by atoms with E-state index in [0.717, 1.165) is 0 Å². The highest BCUT2D eigenvalue weighted by atomic mass is 35.5. The summed E-state index contributed by atoms with van der Waals surface area (Å²) in [5.74, 6) is 5.45. The largest absolute Gasteiger partial charge is 0.446 e.